The van der Waals surface area contributed by atoms with Gasteiger partial charge in [0.05, 0.1) is 10.6 Å². The van der Waals surface area contributed by atoms with E-state index in [-0.39, 0.29) is 10.6 Å². The van der Waals surface area contributed by atoms with Crippen LogP contribution in [0.2, 0.25) is 0 Å². The van der Waals surface area contributed by atoms with E-state index in [1.807, 2.05) is 23.2 Å². The molecule has 0 saturated carbocycles. The maximum atomic E-state index is 11.0. The van der Waals surface area contributed by atoms with E-state index in [1.165, 1.54) is 22.6 Å². The van der Waals surface area contributed by atoms with Crippen LogP contribution >= 0.6 is 11.3 Å². The molecule has 7 heteroatoms. The zero-order chi connectivity index (χ0) is 19.3. The highest BCUT2D eigenvalue weighted by Gasteiger charge is 2.50. The summed E-state index contributed by atoms with van der Waals surface area (Å²) in [5.41, 5.74) is 2.77. The Hall–Kier alpha value is -3.19. The van der Waals surface area contributed by atoms with Gasteiger partial charge in [-0.15, -0.1) is 11.3 Å². The monoisotopic (exact) mass is 390 g/mol. The van der Waals surface area contributed by atoms with E-state index in [9.17, 15) is 10.1 Å². The number of nitrogens with zero attached hydrogens (tertiary/aromatic N) is 4. The van der Waals surface area contributed by atoms with Gasteiger partial charge in [0, 0.05) is 34.7 Å². The zero-order valence-electron chi connectivity index (χ0n) is 15.3. The fraction of sp³-hybridized carbons (Fsp3) is 0.190. The van der Waals surface area contributed by atoms with Crippen LogP contribution in [0.4, 0.5) is 11.4 Å². The molecular formula is C21H18N4O2S. The van der Waals surface area contributed by atoms with Gasteiger partial charge in [0.1, 0.15) is 0 Å². The van der Waals surface area contributed by atoms with Crippen LogP contribution < -0.4 is 5.01 Å². The standard InChI is InChI=1S/C21H18N4O2S/c1-21-18-12-14-28-19(18)11-13-23(21)20(15-5-3-2-4-6-15)22-24(21)16-7-9-17(10-8-16)25(26)27/h2-10,12,14H,11,13H2,1H3. The van der Waals surface area contributed by atoms with Gasteiger partial charge >= 0.3 is 0 Å². The topological polar surface area (TPSA) is 62.0 Å². The van der Waals surface area contributed by atoms with E-state index in [0.29, 0.717) is 0 Å². The van der Waals surface area contributed by atoms with Gasteiger partial charge in [-0.2, -0.15) is 5.10 Å². The molecule has 28 heavy (non-hydrogen) atoms. The Morgan fingerprint density at radius 1 is 1.11 bits per heavy atom. The first-order chi connectivity index (χ1) is 13.6. The zero-order valence-corrected chi connectivity index (χ0v) is 16.1. The van der Waals surface area contributed by atoms with Gasteiger partial charge in [-0.05, 0) is 36.9 Å². The Labute approximate surface area is 166 Å². The third-order valence-electron chi connectivity index (χ3n) is 5.54. The van der Waals surface area contributed by atoms with Gasteiger partial charge in [0.25, 0.3) is 5.69 Å². The molecule has 0 aliphatic carbocycles. The highest BCUT2D eigenvalue weighted by Crippen LogP contribution is 2.47. The molecule has 3 heterocycles. The maximum absolute atomic E-state index is 11.0. The number of hydrogen-bond donors (Lipinski definition) is 0. The van der Waals surface area contributed by atoms with E-state index >= 15 is 0 Å². The van der Waals surface area contributed by atoms with E-state index in [0.717, 1.165) is 30.1 Å². The summed E-state index contributed by atoms with van der Waals surface area (Å²) >= 11 is 1.78. The van der Waals surface area contributed by atoms with Gasteiger partial charge in [-0.3, -0.25) is 10.1 Å². The number of rotatable bonds is 3. The number of amidine groups is 1. The lowest BCUT2D eigenvalue weighted by atomic mass is 9.93. The van der Waals surface area contributed by atoms with Crippen LogP contribution in [0.25, 0.3) is 0 Å². The highest BCUT2D eigenvalue weighted by molar-refractivity contribution is 7.10. The van der Waals surface area contributed by atoms with Crippen LogP contribution in [0, 0.1) is 10.1 Å². The van der Waals surface area contributed by atoms with Gasteiger partial charge in [-0.1, -0.05) is 30.3 Å². The van der Waals surface area contributed by atoms with Gasteiger partial charge in [0.2, 0.25) is 0 Å². The summed E-state index contributed by atoms with van der Waals surface area (Å²) in [6, 6.07) is 19.0. The number of nitro benzene ring substituents is 1. The first kappa shape index (κ1) is 16.9. The predicted octanol–water partition coefficient (Wildman–Crippen LogP) is 4.57. The normalized spacial score (nSPS) is 20.5. The molecule has 2 aliphatic heterocycles. The van der Waals surface area contributed by atoms with Crippen molar-refractivity contribution >= 4 is 28.5 Å². The van der Waals surface area contributed by atoms with Crippen molar-refractivity contribution in [2.24, 2.45) is 5.10 Å². The van der Waals surface area contributed by atoms with Crippen LogP contribution in [0.3, 0.4) is 0 Å². The van der Waals surface area contributed by atoms with E-state index in [2.05, 4.69) is 35.4 Å². The molecule has 2 aromatic carbocycles. The number of anilines is 1. The van der Waals surface area contributed by atoms with Gasteiger partial charge in [0.15, 0.2) is 11.5 Å². The molecule has 1 aromatic heterocycles. The molecule has 6 nitrogen and oxygen atoms in total. The highest BCUT2D eigenvalue weighted by atomic mass is 32.1. The van der Waals surface area contributed by atoms with Crippen molar-refractivity contribution in [3.8, 4) is 0 Å². The summed E-state index contributed by atoms with van der Waals surface area (Å²) in [6.45, 7) is 3.06. The number of hydrogen-bond acceptors (Lipinski definition) is 6. The molecule has 0 bridgehead atoms. The number of fused-ring (bicyclic) bond motifs is 3. The number of nitro groups is 1. The minimum absolute atomic E-state index is 0.0806. The number of thiophene rings is 1. The Bertz CT molecular complexity index is 1080. The largest absolute Gasteiger partial charge is 0.326 e. The molecule has 3 aromatic rings. The molecule has 0 amide bonds. The molecular weight excluding hydrogens is 372 g/mol. The van der Waals surface area contributed by atoms with Crippen molar-refractivity contribution in [3.63, 3.8) is 0 Å². The second-order valence-corrected chi connectivity index (χ2v) is 8.06. The SMILES string of the molecule is CC12c3ccsc3CCN1C(c1ccccc1)=NN2c1ccc([N+](=O)[O-])cc1. The molecule has 1 unspecified atom stereocenters. The Kier molecular flexibility index (Phi) is 3.73. The van der Waals surface area contributed by atoms with Crippen molar-refractivity contribution in [1.82, 2.24) is 4.90 Å². The summed E-state index contributed by atoms with van der Waals surface area (Å²) < 4.78 is 0. The molecule has 140 valence electrons. The molecule has 0 N–H and O–H groups in total. The predicted molar refractivity (Wildman–Crippen MR) is 111 cm³/mol. The first-order valence-electron chi connectivity index (χ1n) is 9.12. The smallest absolute Gasteiger partial charge is 0.269 e. The van der Waals surface area contributed by atoms with Crippen LogP contribution in [-0.2, 0) is 12.1 Å². The lowest BCUT2D eigenvalue weighted by molar-refractivity contribution is -0.384. The van der Waals surface area contributed by atoms with Crippen LogP contribution in [0.15, 0.2) is 71.1 Å². The molecule has 5 rings (SSSR count). The third kappa shape index (κ3) is 2.36. The molecule has 2 aliphatic rings. The minimum Gasteiger partial charge on any atom is -0.326 e. The van der Waals surface area contributed by atoms with Crippen molar-refractivity contribution in [1.29, 1.82) is 0 Å². The van der Waals surface area contributed by atoms with E-state index in [4.69, 9.17) is 5.10 Å². The molecule has 0 radical (unpaired) electrons. The number of non-ortho nitro benzene ring substituents is 1. The summed E-state index contributed by atoms with van der Waals surface area (Å²) in [5, 5.41) is 20.2. The van der Waals surface area contributed by atoms with Gasteiger partial charge in [-0.25, -0.2) is 5.01 Å². The third-order valence-corrected chi connectivity index (χ3v) is 6.52. The quantitative estimate of drug-likeness (QED) is 0.485. The Balaban J connectivity index is 1.67. The average molecular weight is 390 g/mol. The van der Waals surface area contributed by atoms with Crippen LogP contribution in [-0.4, -0.2) is 22.2 Å². The summed E-state index contributed by atoms with van der Waals surface area (Å²) in [7, 11) is 0. The first-order valence-corrected chi connectivity index (χ1v) is 10.0. The van der Waals surface area contributed by atoms with E-state index < -0.39 is 5.66 Å². The molecule has 0 fully saturated rings. The Morgan fingerprint density at radius 3 is 2.57 bits per heavy atom. The van der Waals surface area contributed by atoms with Gasteiger partial charge < -0.3 is 4.90 Å². The van der Waals surface area contributed by atoms with Crippen LogP contribution in [0.1, 0.15) is 22.9 Å². The van der Waals surface area contributed by atoms with Crippen LogP contribution in [0.5, 0.6) is 0 Å². The Morgan fingerprint density at radius 2 is 1.86 bits per heavy atom. The van der Waals surface area contributed by atoms with Crippen molar-refractivity contribution in [2.45, 2.75) is 19.0 Å². The minimum atomic E-state index is -0.463. The summed E-state index contributed by atoms with van der Waals surface area (Å²) in [4.78, 5) is 14.4. The average Bonchev–Trinajstić information content (AvgIpc) is 3.31. The lowest BCUT2D eigenvalue weighted by Gasteiger charge is -2.45. The molecule has 1 atom stereocenters. The van der Waals surface area contributed by atoms with Crippen molar-refractivity contribution in [2.75, 3.05) is 11.6 Å². The summed E-state index contributed by atoms with van der Waals surface area (Å²) in [5.74, 6) is 0.929. The molecule has 0 saturated heterocycles. The fourth-order valence-corrected chi connectivity index (χ4v) is 5.11. The lowest BCUT2D eigenvalue weighted by Crippen LogP contribution is -2.54. The summed E-state index contributed by atoms with van der Waals surface area (Å²) in [6.07, 6.45) is 0.989. The second-order valence-electron chi connectivity index (χ2n) is 7.05. The fourth-order valence-electron chi connectivity index (χ4n) is 4.14. The number of hydrazone groups is 1. The van der Waals surface area contributed by atoms with Crippen molar-refractivity contribution in [3.05, 3.63) is 92.2 Å². The maximum Gasteiger partial charge on any atom is 0.269 e. The number of benzene rings is 2. The molecule has 0 spiro atoms. The van der Waals surface area contributed by atoms with E-state index in [1.54, 1.807) is 23.5 Å². The second kappa shape index (κ2) is 6.17. The van der Waals surface area contributed by atoms with Crippen molar-refractivity contribution < 1.29 is 4.92 Å².